The number of thioether (sulfide) groups is 1. The molecule has 1 N–H and O–H groups in total. The number of ether oxygens (including phenoxy) is 1. The minimum Gasteiger partial charge on any atom is -0.468 e. The van der Waals surface area contributed by atoms with E-state index in [4.69, 9.17) is 4.74 Å². The van der Waals surface area contributed by atoms with Crippen LogP contribution in [0.25, 0.3) is 10.9 Å². The number of carbonyl (C=O) groups is 1. The molecule has 0 bridgehead atoms. The van der Waals surface area contributed by atoms with E-state index in [1.807, 2.05) is 37.4 Å². The summed E-state index contributed by atoms with van der Waals surface area (Å²) in [6, 6.07) is 8.03. The lowest BCUT2D eigenvalue weighted by molar-refractivity contribution is -0.139. The maximum atomic E-state index is 11.3. The number of hydrogen-bond donors (Lipinski definition) is 1. The summed E-state index contributed by atoms with van der Waals surface area (Å²) in [7, 11) is 1.41. The van der Waals surface area contributed by atoms with Crippen LogP contribution in [0.5, 0.6) is 0 Å². The lowest BCUT2D eigenvalue weighted by Crippen LogP contribution is -2.14. The molecule has 0 fully saturated rings. The van der Waals surface area contributed by atoms with Gasteiger partial charge in [-0.05, 0) is 13.0 Å². The second-order valence-corrected chi connectivity index (χ2v) is 4.86. The van der Waals surface area contributed by atoms with Crippen molar-refractivity contribution in [2.45, 2.75) is 17.1 Å². The standard InChI is InChI=1S/C12H13NO2S/c1-8(12(14)15-2)16-11-7-13-10-6-4-3-5-9(10)11/h3-8,13H,1-2H3. The quantitative estimate of drug-likeness (QED) is 0.657. The molecule has 1 heterocycles. The van der Waals surface area contributed by atoms with Gasteiger partial charge in [0.25, 0.3) is 0 Å². The Bertz CT molecular complexity index is 506. The number of rotatable bonds is 3. The zero-order valence-corrected chi connectivity index (χ0v) is 10.0. The summed E-state index contributed by atoms with van der Waals surface area (Å²) >= 11 is 1.51. The first-order valence-electron chi connectivity index (χ1n) is 5.03. The van der Waals surface area contributed by atoms with Crippen molar-refractivity contribution in [1.29, 1.82) is 0 Å². The molecule has 0 spiro atoms. The monoisotopic (exact) mass is 235 g/mol. The molecule has 0 radical (unpaired) electrons. The molecular formula is C12H13NO2S. The van der Waals surface area contributed by atoms with Crippen molar-refractivity contribution >= 4 is 28.6 Å². The fourth-order valence-corrected chi connectivity index (χ4v) is 2.55. The van der Waals surface area contributed by atoms with Gasteiger partial charge in [0.2, 0.25) is 0 Å². The number of carbonyl (C=O) groups excluding carboxylic acids is 1. The van der Waals surface area contributed by atoms with Crippen molar-refractivity contribution in [3.8, 4) is 0 Å². The van der Waals surface area contributed by atoms with Crippen molar-refractivity contribution in [1.82, 2.24) is 4.98 Å². The molecule has 1 aromatic heterocycles. The first-order valence-corrected chi connectivity index (χ1v) is 5.91. The first-order chi connectivity index (χ1) is 7.72. The minimum atomic E-state index is -0.199. The summed E-state index contributed by atoms with van der Waals surface area (Å²) in [5.41, 5.74) is 1.09. The number of hydrogen-bond acceptors (Lipinski definition) is 3. The van der Waals surface area contributed by atoms with E-state index in [0.29, 0.717) is 0 Å². The van der Waals surface area contributed by atoms with Crippen LogP contribution in [0, 0.1) is 0 Å². The first kappa shape index (κ1) is 11.1. The Hall–Kier alpha value is -1.42. The lowest BCUT2D eigenvalue weighted by atomic mass is 10.2. The van der Waals surface area contributed by atoms with Gasteiger partial charge in [-0.3, -0.25) is 4.79 Å². The van der Waals surface area contributed by atoms with Gasteiger partial charge in [-0.25, -0.2) is 0 Å². The zero-order valence-electron chi connectivity index (χ0n) is 9.19. The van der Waals surface area contributed by atoms with Crippen LogP contribution in [-0.2, 0) is 9.53 Å². The van der Waals surface area contributed by atoms with Gasteiger partial charge in [-0.2, -0.15) is 0 Å². The number of H-pyrrole nitrogens is 1. The molecule has 0 aliphatic carbocycles. The van der Waals surface area contributed by atoms with Gasteiger partial charge in [0.15, 0.2) is 0 Å². The molecule has 3 nitrogen and oxygen atoms in total. The van der Waals surface area contributed by atoms with Crippen LogP contribution in [0.15, 0.2) is 35.4 Å². The number of benzene rings is 1. The van der Waals surface area contributed by atoms with Gasteiger partial charge < -0.3 is 9.72 Å². The average molecular weight is 235 g/mol. The molecule has 0 aliphatic rings. The number of esters is 1. The minimum absolute atomic E-state index is 0.191. The molecule has 1 unspecified atom stereocenters. The smallest absolute Gasteiger partial charge is 0.318 e. The molecule has 84 valence electrons. The number of nitrogens with one attached hydrogen (secondary N) is 1. The van der Waals surface area contributed by atoms with Crippen LogP contribution in [-0.4, -0.2) is 23.3 Å². The van der Waals surface area contributed by atoms with E-state index in [1.54, 1.807) is 0 Å². The highest BCUT2D eigenvalue weighted by atomic mass is 32.2. The summed E-state index contributed by atoms with van der Waals surface area (Å²) in [6.45, 7) is 1.85. The van der Waals surface area contributed by atoms with Crippen LogP contribution in [0.3, 0.4) is 0 Å². The number of aromatic nitrogens is 1. The second-order valence-electron chi connectivity index (χ2n) is 3.48. The van der Waals surface area contributed by atoms with E-state index in [1.165, 1.54) is 18.9 Å². The van der Waals surface area contributed by atoms with Gasteiger partial charge >= 0.3 is 5.97 Å². The maximum absolute atomic E-state index is 11.3. The topological polar surface area (TPSA) is 42.1 Å². The molecule has 0 amide bonds. The fraction of sp³-hybridized carbons (Fsp3) is 0.250. The lowest BCUT2D eigenvalue weighted by Gasteiger charge is -2.07. The molecular weight excluding hydrogens is 222 g/mol. The number of aromatic amines is 1. The van der Waals surface area contributed by atoms with Crippen LogP contribution < -0.4 is 0 Å². The van der Waals surface area contributed by atoms with E-state index in [9.17, 15) is 4.79 Å². The predicted molar refractivity (Wildman–Crippen MR) is 65.6 cm³/mol. The molecule has 16 heavy (non-hydrogen) atoms. The second kappa shape index (κ2) is 4.61. The maximum Gasteiger partial charge on any atom is 0.318 e. The van der Waals surface area contributed by atoms with Crippen molar-refractivity contribution in [2.24, 2.45) is 0 Å². The molecule has 1 atom stereocenters. The third-order valence-electron chi connectivity index (χ3n) is 2.39. The SMILES string of the molecule is COC(=O)C(C)Sc1c[nH]c2ccccc12. The summed E-state index contributed by atoms with van der Waals surface area (Å²) in [6.07, 6.45) is 1.93. The third-order valence-corrected chi connectivity index (χ3v) is 3.53. The molecule has 2 rings (SSSR count). The summed E-state index contributed by atoms with van der Waals surface area (Å²) < 4.78 is 4.70. The predicted octanol–water partition coefficient (Wildman–Crippen LogP) is 2.82. The Kier molecular flexibility index (Phi) is 3.19. The van der Waals surface area contributed by atoms with E-state index < -0.39 is 0 Å². The van der Waals surface area contributed by atoms with Crippen LogP contribution in [0.2, 0.25) is 0 Å². The van der Waals surface area contributed by atoms with E-state index in [-0.39, 0.29) is 11.2 Å². The Morgan fingerprint density at radius 3 is 2.94 bits per heavy atom. The van der Waals surface area contributed by atoms with E-state index in [2.05, 4.69) is 4.98 Å². The molecule has 2 aromatic rings. The van der Waals surface area contributed by atoms with Gasteiger partial charge in [0.05, 0.1) is 7.11 Å². The normalized spacial score (nSPS) is 12.6. The van der Waals surface area contributed by atoms with Crippen molar-refractivity contribution in [3.05, 3.63) is 30.5 Å². The van der Waals surface area contributed by atoms with Gasteiger partial charge in [0.1, 0.15) is 5.25 Å². The largest absolute Gasteiger partial charge is 0.468 e. The highest BCUT2D eigenvalue weighted by Gasteiger charge is 2.16. The summed E-state index contributed by atoms with van der Waals surface area (Å²) in [4.78, 5) is 15.6. The number of para-hydroxylation sites is 1. The third kappa shape index (κ3) is 2.07. The number of methoxy groups -OCH3 is 1. The highest BCUT2D eigenvalue weighted by molar-refractivity contribution is 8.00. The Morgan fingerprint density at radius 2 is 2.19 bits per heavy atom. The van der Waals surface area contributed by atoms with Crippen molar-refractivity contribution in [3.63, 3.8) is 0 Å². The van der Waals surface area contributed by atoms with E-state index in [0.717, 1.165) is 15.8 Å². The van der Waals surface area contributed by atoms with Gasteiger partial charge in [0, 0.05) is 22.0 Å². The average Bonchev–Trinajstić information content (AvgIpc) is 2.72. The van der Waals surface area contributed by atoms with Crippen LogP contribution in [0.1, 0.15) is 6.92 Å². The number of fused-ring (bicyclic) bond motifs is 1. The molecule has 0 aliphatic heterocycles. The highest BCUT2D eigenvalue weighted by Crippen LogP contribution is 2.30. The summed E-state index contributed by atoms with van der Waals surface area (Å²) in [5, 5.41) is 0.951. The molecule has 0 saturated carbocycles. The molecule has 4 heteroatoms. The Labute approximate surface area is 98.2 Å². The van der Waals surface area contributed by atoms with Crippen molar-refractivity contribution in [2.75, 3.05) is 7.11 Å². The van der Waals surface area contributed by atoms with Crippen LogP contribution >= 0.6 is 11.8 Å². The Morgan fingerprint density at radius 1 is 1.44 bits per heavy atom. The molecule has 1 aromatic carbocycles. The summed E-state index contributed by atoms with van der Waals surface area (Å²) in [5.74, 6) is -0.199. The fourth-order valence-electron chi connectivity index (χ4n) is 1.55. The van der Waals surface area contributed by atoms with Gasteiger partial charge in [-0.1, -0.05) is 18.2 Å². The van der Waals surface area contributed by atoms with E-state index >= 15 is 0 Å². The van der Waals surface area contributed by atoms with Crippen LogP contribution in [0.4, 0.5) is 0 Å². The molecule has 0 saturated heterocycles. The van der Waals surface area contributed by atoms with Gasteiger partial charge in [-0.15, -0.1) is 11.8 Å². The Balaban J connectivity index is 2.24. The zero-order chi connectivity index (χ0) is 11.5. The van der Waals surface area contributed by atoms with Crippen molar-refractivity contribution < 1.29 is 9.53 Å².